The summed E-state index contributed by atoms with van der Waals surface area (Å²) in [6, 6.07) is 12.1. The molecule has 1 fully saturated rings. The van der Waals surface area contributed by atoms with E-state index in [-0.39, 0.29) is 4.90 Å². The van der Waals surface area contributed by atoms with E-state index in [9.17, 15) is 8.42 Å². The average Bonchev–Trinajstić information content (AvgIpc) is 2.63. The van der Waals surface area contributed by atoms with Crippen LogP contribution >= 0.6 is 11.6 Å². The van der Waals surface area contributed by atoms with Gasteiger partial charge in [0, 0.05) is 32.7 Å². The van der Waals surface area contributed by atoms with Crippen LogP contribution in [0, 0.1) is 6.92 Å². The lowest BCUT2D eigenvalue weighted by Crippen LogP contribution is -2.46. The van der Waals surface area contributed by atoms with Crippen molar-refractivity contribution in [3.8, 4) is 0 Å². The molecule has 1 heterocycles. The number of halogens is 1. The van der Waals surface area contributed by atoms with Crippen LogP contribution in [0.2, 0.25) is 5.02 Å². The SMILES string of the molecule is C=CCN1CCN(c2c(Cl)cccc2NS(=O)(=O)c2ccc(C)cc2)CC1. The molecule has 7 heteroatoms. The highest BCUT2D eigenvalue weighted by atomic mass is 35.5. The first-order valence-corrected chi connectivity index (χ1v) is 10.7. The quantitative estimate of drug-likeness (QED) is 0.743. The molecule has 0 bridgehead atoms. The molecule has 1 aliphatic heterocycles. The van der Waals surface area contributed by atoms with Crippen molar-refractivity contribution < 1.29 is 8.42 Å². The number of hydrogen-bond donors (Lipinski definition) is 1. The van der Waals surface area contributed by atoms with E-state index < -0.39 is 10.0 Å². The molecule has 0 aliphatic carbocycles. The Hall–Kier alpha value is -2.02. The molecule has 0 saturated carbocycles. The second-order valence-electron chi connectivity index (χ2n) is 6.63. The minimum atomic E-state index is -3.69. The van der Waals surface area contributed by atoms with Crippen molar-refractivity contribution in [2.45, 2.75) is 11.8 Å². The van der Waals surface area contributed by atoms with Crippen LogP contribution in [0.5, 0.6) is 0 Å². The summed E-state index contributed by atoms with van der Waals surface area (Å²) >= 11 is 6.45. The second-order valence-corrected chi connectivity index (χ2v) is 8.72. The van der Waals surface area contributed by atoms with Gasteiger partial charge in [0.15, 0.2) is 0 Å². The summed E-state index contributed by atoms with van der Waals surface area (Å²) in [5.74, 6) is 0. The minimum Gasteiger partial charge on any atom is -0.366 e. The van der Waals surface area contributed by atoms with Gasteiger partial charge in [0.1, 0.15) is 0 Å². The fourth-order valence-electron chi connectivity index (χ4n) is 3.18. The van der Waals surface area contributed by atoms with Gasteiger partial charge in [0.2, 0.25) is 0 Å². The third kappa shape index (κ3) is 4.64. The van der Waals surface area contributed by atoms with Gasteiger partial charge in [-0.25, -0.2) is 8.42 Å². The van der Waals surface area contributed by atoms with Crippen molar-refractivity contribution in [3.63, 3.8) is 0 Å². The smallest absolute Gasteiger partial charge is 0.261 e. The van der Waals surface area contributed by atoms with Crippen LogP contribution in [0.1, 0.15) is 5.56 Å². The monoisotopic (exact) mass is 405 g/mol. The Balaban J connectivity index is 1.86. The first-order valence-electron chi connectivity index (χ1n) is 8.87. The number of para-hydroxylation sites is 1. The normalized spacial score (nSPS) is 15.6. The van der Waals surface area contributed by atoms with Crippen molar-refractivity contribution in [2.24, 2.45) is 0 Å². The predicted molar refractivity (Wildman–Crippen MR) is 112 cm³/mol. The van der Waals surface area contributed by atoms with Gasteiger partial charge in [-0.3, -0.25) is 9.62 Å². The molecule has 5 nitrogen and oxygen atoms in total. The van der Waals surface area contributed by atoms with E-state index >= 15 is 0 Å². The fraction of sp³-hybridized carbons (Fsp3) is 0.300. The summed E-state index contributed by atoms with van der Waals surface area (Å²) in [7, 11) is -3.69. The number of sulfonamides is 1. The van der Waals surface area contributed by atoms with E-state index in [2.05, 4.69) is 21.1 Å². The molecular formula is C20H24ClN3O2S. The number of benzene rings is 2. The summed E-state index contributed by atoms with van der Waals surface area (Å²) < 4.78 is 28.3. The molecule has 0 atom stereocenters. The Kier molecular flexibility index (Phi) is 6.09. The van der Waals surface area contributed by atoms with Crippen LogP contribution in [0.4, 0.5) is 11.4 Å². The molecule has 0 radical (unpaired) electrons. The summed E-state index contributed by atoms with van der Waals surface area (Å²) in [4.78, 5) is 4.67. The van der Waals surface area contributed by atoms with Gasteiger partial charge in [-0.1, -0.05) is 41.4 Å². The van der Waals surface area contributed by atoms with Gasteiger partial charge in [0.25, 0.3) is 10.0 Å². The molecule has 0 amide bonds. The predicted octanol–water partition coefficient (Wildman–Crippen LogP) is 3.76. The molecule has 2 aromatic carbocycles. The first kappa shape index (κ1) is 19.7. The lowest BCUT2D eigenvalue weighted by molar-refractivity contribution is 0.284. The Labute approximate surface area is 166 Å². The maximum Gasteiger partial charge on any atom is 0.261 e. The van der Waals surface area contributed by atoms with Crippen molar-refractivity contribution in [1.29, 1.82) is 0 Å². The van der Waals surface area contributed by atoms with Crippen molar-refractivity contribution >= 4 is 33.0 Å². The largest absolute Gasteiger partial charge is 0.366 e. The lowest BCUT2D eigenvalue weighted by atomic mass is 10.2. The van der Waals surface area contributed by atoms with E-state index in [1.807, 2.05) is 13.0 Å². The summed E-state index contributed by atoms with van der Waals surface area (Å²) in [5, 5.41) is 0.538. The zero-order chi connectivity index (χ0) is 19.4. The molecule has 0 unspecified atom stereocenters. The maximum absolute atomic E-state index is 12.8. The highest BCUT2D eigenvalue weighted by Crippen LogP contribution is 2.35. The van der Waals surface area contributed by atoms with Gasteiger partial charge in [-0.2, -0.15) is 0 Å². The lowest BCUT2D eigenvalue weighted by Gasteiger charge is -2.36. The molecule has 144 valence electrons. The molecular weight excluding hydrogens is 382 g/mol. The standard InChI is InChI=1S/C20H24ClN3O2S/c1-3-11-23-12-14-24(15-13-23)20-18(21)5-4-6-19(20)22-27(25,26)17-9-7-16(2)8-10-17/h3-10,22H,1,11-15H2,2H3. The molecule has 2 aromatic rings. The number of piperazine rings is 1. The Bertz CT molecular complexity index is 905. The van der Waals surface area contributed by atoms with Crippen molar-refractivity contribution in [3.05, 3.63) is 65.7 Å². The van der Waals surface area contributed by atoms with E-state index in [1.54, 1.807) is 42.5 Å². The number of aryl methyl sites for hydroxylation is 1. The molecule has 1 saturated heterocycles. The summed E-state index contributed by atoms with van der Waals surface area (Å²) in [5.41, 5.74) is 2.24. The van der Waals surface area contributed by atoms with E-state index in [0.29, 0.717) is 10.7 Å². The third-order valence-corrected chi connectivity index (χ3v) is 6.32. The first-order chi connectivity index (χ1) is 12.9. The third-order valence-electron chi connectivity index (χ3n) is 4.64. The summed E-state index contributed by atoms with van der Waals surface area (Å²) in [6.07, 6.45) is 1.90. The van der Waals surface area contributed by atoms with Gasteiger partial charge in [-0.15, -0.1) is 6.58 Å². The second kappa shape index (κ2) is 8.33. The van der Waals surface area contributed by atoms with E-state index in [0.717, 1.165) is 44.0 Å². The van der Waals surface area contributed by atoms with Crippen LogP contribution in [0.3, 0.4) is 0 Å². The zero-order valence-corrected chi connectivity index (χ0v) is 16.9. The molecule has 0 aromatic heterocycles. The van der Waals surface area contributed by atoms with E-state index in [4.69, 9.17) is 11.6 Å². The highest BCUT2D eigenvalue weighted by Gasteiger charge is 2.23. The number of anilines is 2. The van der Waals surface area contributed by atoms with Crippen molar-refractivity contribution in [1.82, 2.24) is 4.90 Å². The number of nitrogens with zero attached hydrogens (tertiary/aromatic N) is 2. The number of hydrogen-bond acceptors (Lipinski definition) is 4. The highest BCUT2D eigenvalue weighted by molar-refractivity contribution is 7.92. The number of rotatable bonds is 6. The van der Waals surface area contributed by atoms with Gasteiger partial charge in [-0.05, 0) is 31.2 Å². The zero-order valence-electron chi connectivity index (χ0n) is 15.4. The Morgan fingerprint density at radius 2 is 1.78 bits per heavy atom. The molecule has 1 N–H and O–H groups in total. The van der Waals surface area contributed by atoms with Crippen molar-refractivity contribution in [2.75, 3.05) is 42.3 Å². The van der Waals surface area contributed by atoms with Crippen LogP contribution in [-0.2, 0) is 10.0 Å². The van der Waals surface area contributed by atoms with E-state index in [1.165, 1.54) is 0 Å². The van der Waals surface area contributed by atoms with Crippen LogP contribution in [0.25, 0.3) is 0 Å². The van der Waals surface area contributed by atoms with Crippen LogP contribution in [0.15, 0.2) is 60.0 Å². The Morgan fingerprint density at radius 3 is 2.41 bits per heavy atom. The average molecular weight is 406 g/mol. The fourth-order valence-corrected chi connectivity index (χ4v) is 4.54. The number of nitrogens with one attached hydrogen (secondary N) is 1. The molecule has 1 aliphatic rings. The molecule has 27 heavy (non-hydrogen) atoms. The molecule has 0 spiro atoms. The Morgan fingerprint density at radius 1 is 1.11 bits per heavy atom. The topological polar surface area (TPSA) is 52.6 Å². The van der Waals surface area contributed by atoms with Crippen LogP contribution < -0.4 is 9.62 Å². The summed E-state index contributed by atoms with van der Waals surface area (Å²) in [6.45, 7) is 9.86. The van der Waals surface area contributed by atoms with Gasteiger partial charge < -0.3 is 4.90 Å². The van der Waals surface area contributed by atoms with Crippen LogP contribution in [-0.4, -0.2) is 46.0 Å². The molecule has 3 rings (SSSR count). The van der Waals surface area contributed by atoms with Gasteiger partial charge >= 0.3 is 0 Å². The van der Waals surface area contributed by atoms with Gasteiger partial charge in [0.05, 0.1) is 21.3 Å². The minimum absolute atomic E-state index is 0.231. The maximum atomic E-state index is 12.8.